The summed E-state index contributed by atoms with van der Waals surface area (Å²) < 4.78 is 7.15. The standard InChI is InChI=1S/C30H24N2O3/c1-31-25-14-8-7-13-24(25)27(28(31)21-16-15-19-9-3-4-10-20(19)17-21)29-22-11-5-6-12-23(22)30(34)32(29)18-26(33)35-2/h3-17,29H,18H2,1-2H3/t29-/m1/s1. The molecule has 4 aromatic carbocycles. The van der Waals surface area contributed by atoms with Crippen LogP contribution in [0, 0.1) is 0 Å². The Morgan fingerprint density at radius 3 is 2.43 bits per heavy atom. The van der Waals surface area contributed by atoms with Crippen molar-refractivity contribution in [3.05, 3.63) is 108 Å². The molecule has 6 rings (SSSR count). The van der Waals surface area contributed by atoms with Crippen LogP contribution in [0.5, 0.6) is 0 Å². The Morgan fingerprint density at radius 2 is 1.60 bits per heavy atom. The molecule has 0 saturated heterocycles. The van der Waals surface area contributed by atoms with E-state index < -0.39 is 12.0 Å². The molecule has 0 radical (unpaired) electrons. The summed E-state index contributed by atoms with van der Waals surface area (Å²) in [5.41, 5.74) is 5.70. The van der Waals surface area contributed by atoms with Gasteiger partial charge < -0.3 is 14.2 Å². The van der Waals surface area contributed by atoms with Crippen LogP contribution in [0.1, 0.15) is 27.5 Å². The summed E-state index contributed by atoms with van der Waals surface area (Å²) in [4.78, 5) is 27.5. The van der Waals surface area contributed by atoms with E-state index in [-0.39, 0.29) is 12.5 Å². The molecule has 35 heavy (non-hydrogen) atoms. The lowest BCUT2D eigenvalue weighted by Crippen LogP contribution is -2.34. The molecule has 0 unspecified atom stereocenters. The summed E-state index contributed by atoms with van der Waals surface area (Å²) in [5.74, 6) is -0.600. The van der Waals surface area contributed by atoms with E-state index in [0.717, 1.165) is 38.7 Å². The minimum Gasteiger partial charge on any atom is -0.468 e. The second-order valence-corrected chi connectivity index (χ2v) is 8.90. The van der Waals surface area contributed by atoms with Crippen LogP contribution in [-0.2, 0) is 16.6 Å². The Bertz CT molecular complexity index is 1630. The highest BCUT2D eigenvalue weighted by Gasteiger charge is 2.41. The van der Waals surface area contributed by atoms with Crippen molar-refractivity contribution in [3.63, 3.8) is 0 Å². The van der Waals surface area contributed by atoms with Crippen LogP contribution in [0.4, 0.5) is 0 Å². The molecule has 5 aromatic rings. The molecule has 1 aromatic heterocycles. The fraction of sp³-hybridized carbons (Fsp3) is 0.133. The van der Waals surface area contributed by atoms with Crippen molar-refractivity contribution < 1.29 is 14.3 Å². The number of rotatable bonds is 4. The Morgan fingerprint density at radius 1 is 0.886 bits per heavy atom. The lowest BCUT2D eigenvalue weighted by Gasteiger charge is -2.26. The zero-order chi connectivity index (χ0) is 24.1. The zero-order valence-electron chi connectivity index (χ0n) is 19.6. The number of esters is 1. The molecule has 172 valence electrons. The number of aromatic nitrogens is 1. The van der Waals surface area contributed by atoms with E-state index in [9.17, 15) is 9.59 Å². The van der Waals surface area contributed by atoms with Crippen molar-refractivity contribution in [2.24, 2.45) is 7.05 Å². The topological polar surface area (TPSA) is 51.5 Å². The van der Waals surface area contributed by atoms with E-state index in [0.29, 0.717) is 5.56 Å². The molecule has 5 nitrogen and oxygen atoms in total. The quantitative estimate of drug-likeness (QED) is 0.323. The Balaban J connectivity index is 1.66. The summed E-state index contributed by atoms with van der Waals surface area (Å²) in [6.45, 7) is -0.116. The van der Waals surface area contributed by atoms with Gasteiger partial charge in [-0.15, -0.1) is 0 Å². The van der Waals surface area contributed by atoms with Crippen molar-refractivity contribution in [3.8, 4) is 11.3 Å². The Hall–Kier alpha value is -4.38. The van der Waals surface area contributed by atoms with Crippen molar-refractivity contribution in [2.45, 2.75) is 6.04 Å². The van der Waals surface area contributed by atoms with Crippen molar-refractivity contribution in [1.82, 2.24) is 9.47 Å². The first-order chi connectivity index (χ1) is 17.1. The minimum absolute atomic E-state index is 0.116. The number of carbonyl (C=O) groups excluding carboxylic acids is 2. The molecule has 0 bridgehead atoms. The van der Waals surface area contributed by atoms with Gasteiger partial charge in [-0.1, -0.05) is 72.8 Å². The molecule has 2 heterocycles. The number of hydrogen-bond donors (Lipinski definition) is 0. The fourth-order valence-corrected chi connectivity index (χ4v) is 5.43. The van der Waals surface area contributed by atoms with E-state index in [4.69, 9.17) is 4.74 Å². The van der Waals surface area contributed by atoms with E-state index in [2.05, 4.69) is 54.1 Å². The molecular formula is C30H24N2O3. The molecule has 0 saturated carbocycles. The van der Waals surface area contributed by atoms with Crippen molar-refractivity contribution in [2.75, 3.05) is 13.7 Å². The summed E-state index contributed by atoms with van der Waals surface area (Å²) >= 11 is 0. The van der Waals surface area contributed by atoms with E-state index in [1.54, 1.807) is 4.90 Å². The van der Waals surface area contributed by atoms with Crippen LogP contribution in [-0.4, -0.2) is 35.0 Å². The number of para-hydroxylation sites is 1. The summed E-state index contributed by atoms with van der Waals surface area (Å²) in [6.07, 6.45) is 0. The average molecular weight is 461 g/mol. The smallest absolute Gasteiger partial charge is 0.325 e. The van der Waals surface area contributed by atoms with Gasteiger partial charge >= 0.3 is 5.97 Å². The molecule has 0 N–H and O–H groups in total. The first kappa shape index (κ1) is 21.2. The number of hydrogen-bond acceptors (Lipinski definition) is 3. The highest BCUT2D eigenvalue weighted by Crippen LogP contribution is 2.46. The molecule has 1 aliphatic heterocycles. The lowest BCUT2D eigenvalue weighted by atomic mass is 9.92. The maximum atomic E-state index is 13.5. The maximum Gasteiger partial charge on any atom is 0.325 e. The number of fused-ring (bicyclic) bond motifs is 3. The molecule has 0 fully saturated rings. The summed E-state index contributed by atoms with van der Waals surface area (Å²) in [5, 5.41) is 3.38. The van der Waals surface area contributed by atoms with Crippen LogP contribution in [0.25, 0.3) is 32.9 Å². The predicted molar refractivity (Wildman–Crippen MR) is 137 cm³/mol. The fourth-order valence-electron chi connectivity index (χ4n) is 5.43. The molecule has 5 heteroatoms. The lowest BCUT2D eigenvalue weighted by molar-refractivity contribution is -0.141. The number of nitrogens with zero attached hydrogens (tertiary/aromatic N) is 2. The molecule has 0 aliphatic carbocycles. The first-order valence-corrected chi connectivity index (χ1v) is 11.6. The zero-order valence-corrected chi connectivity index (χ0v) is 19.6. The van der Waals surface area contributed by atoms with Crippen molar-refractivity contribution in [1.29, 1.82) is 0 Å². The molecule has 0 spiro atoms. The van der Waals surface area contributed by atoms with Gasteiger partial charge in [0.2, 0.25) is 0 Å². The monoisotopic (exact) mass is 460 g/mol. The SMILES string of the molecule is COC(=O)CN1C(=O)c2ccccc2[C@@H]1c1c(-c2ccc3ccccc3c2)n(C)c2ccccc12. The number of methoxy groups -OCH3 is 1. The second kappa shape index (κ2) is 8.13. The van der Waals surface area contributed by atoms with Gasteiger partial charge in [-0.3, -0.25) is 9.59 Å². The number of carbonyl (C=O) groups is 2. The van der Waals surface area contributed by atoms with Gasteiger partial charge in [0.05, 0.1) is 18.8 Å². The van der Waals surface area contributed by atoms with Gasteiger partial charge in [-0.05, 0) is 40.1 Å². The molecule has 1 aliphatic rings. The molecular weight excluding hydrogens is 436 g/mol. The third kappa shape index (κ3) is 3.23. The minimum atomic E-state index is -0.441. The number of benzene rings is 4. The summed E-state index contributed by atoms with van der Waals surface area (Å²) in [6, 6.07) is 30.2. The highest BCUT2D eigenvalue weighted by atomic mass is 16.5. The highest BCUT2D eigenvalue weighted by molar-refractivity contribution is 6.04. The Labute approximate surface area is 203 Å². The van der Waals surface area contributed by atoms with E-state index in [1.807, 2.05) is 48.5 Å². The maximum absolute atomic E-state index is 13.5. The average Bonchev–Trinajstić information content (AvgIpc) is 3.34. The number of ether oxygens (including phenoxy) is 1. The predicted octanol–water partition coefficient (Wildman–Crippen LogP) is 5.72. The van der Waals surface area contributed by atoms with E-state index >= 15 is 0 Å². The normalized spacial score (nSPS) is 15.1. The largest absolute Gasteiger partial charge is 0.468 e. The molecule has 1 atom stereocenters. The second-order valence-electron chi connectivity index (χ2n) is 8.90. The molecule has 1 amide bonds. The van der Waals surface area contributed by atoms with Gasteiger partial charge in [0.25, 0.3) is 5.91 Å². The van der Waals surface area contributed by atoms with Gasteiger partial charge in [-0.2, -0.15) is 0 Å². The van der Waals surface area contributed by atoms with Crippen LogP contribution < -0.4 is 0 Å². The van der Waals surface area contributed by atoms with Crippen LogP contribution in [0.3, 0.4) is 0 Å². The van der Waals surface area contributed by atoms with Crippen LogP contribution >= 0.6 is 0 Å². The third-order valence-corrected chi connectivity index (χ3v) is 7.03. The van der Waals surface area contributed by atoms with E-state index in [1.165, 1.54) is 12.5 Å². The summed E-state index contributed by atoms with van der Waals surface area (Å²) in [7, 11) is 3.41. The van der Waals surface area contributed by atoms with Gasteiger partial charge in [0.1, 0.15) is 6.54 Å². The third-order valence-electron chi connectivity index (χ3n) is 7.03. The van der Waals surface area contributed by atoms with Crippen LogP contribution in [0.15, 0.2) is 91.0 Å². The number of amides is 1. The van der Waals surface area contributed by atoms with Gasteiger partial charge in [0, 0.05) is 29.1 Å². The Kier molecular flexibility index (Phi) is 4.92. The van der Waals surface area contributed by atoms with Crippen LogP contribution in [0.2, 0.25) is 0 Å². The first-order valence-electron chi connectivity index (χ1n) is 11.6. The van der Waals surface area contributed by atoms with Gasteiger partial charge in [0.15, 0.2) is 0 Å². The van der Waals surface area contributed by atoms with Crippen molar-refractivity contribution >= 4 is 33.6 Å². The van der Waals surface area contributed by atoms with Gasteiger partial charge in [-0.25, -0.2) is 0 Å². The number of aryl methyl sites for hydroxylation is 1.